The third-order valence-electron chi connectivity index (χ3n) is 2.34. The van der Waals surface area contributed by atoms with E-state index < -0.39 is 6.09 Å². The molecule has 0 fully saturated rings. The number of aryl methyl sites for hydroxylation is 1. The molecule has 0 aromatic heterocycles. The molecule has 0 radical (unpaired) electrons. The zero-order valence-electron chi connectivity index (χ0n) is 11.5. The maximum absolute atomic E-state index is 11.6. The second-order valence-electron chi connectivity index (χ2n) is 3.64. The summed E-state index contributed by atoms with van der Waals surface area (Å²) >= 11 is 0. The van der Waals surface area contributed by atoms with Crippen LogP contribution in [0.2, 0.25) is 0 Å². The zero-order chi connectivity index (χ0) is 14.1. The van der Waals surface area contributed by atoms with Crippen LogP contribution in [0.3, 0.4) is 0 Å². The molecule has 0 heterocycles. The van der Waals surface area contributed by atoms with Gasteiger partial charge in [-0.25, -0.2) is 4.79 Å². The Bertz CT molecular complexity index is 509. The summed E-state index contributed by atoms with van der Waals surface area (Å²) in [5.74, 6) is 0.526. The number of hydrogen-bond acceptors (Lipinski definition) is 2. The fraction of sp³-hybridized carbons (Fsp3) is 0.188. The topological polar surface area (TPSA) is 38.3 Å². The number of carbonyl (C=O) groups is 1. The van der Waals surface area contributed by atoms with Crippen molar-refractivity contribution < 1.29 is 9.53 Å². The van der Waals surface area contributed by atoms with Crippen molar-refractivity contribution in [2.45, 2.75) is 20.8 Å². The van der Waals surface area contributed by atoms with Gasteiger partial charge in [0.1, 0.15) is 5.75 Å². The average molecular weight is 257 g/mol. The smallest absolute Gasteiger partial charge is 0.410 e. The van der Waals surface area contributed by atoms with Crippen LogP contribution in [-0.2, 0) is 0 Å². The van der Waals surface area contributed by atoms with Gasteiger partial charge in [-0.1, -0.05) is 50.2 Å². The van der Waals surface area contributed by atoms with Crippen LogP contribution < -0.4 is 10.1 Å². The van der Waals surface area contributed by atoms with Crippen molar-refractivity contribution in [3.05, 3.63) is 60.2 Å². The lowest BCUT2D eigenvalue weighted by molar-refractivity contribution is 0.215. The highest BCUT2D eigenvalue weighted by Crippen LogP contribution is 2.14. The number of nitrogens with one attached hydrogen (secondary N) is 1. The van der Waals surface area contributed by atoms with Crippen LogP contribution in [0.4, 0.5) is 10.5 Å². The molecule has 0 atom stereocenters. The van der Waals surface area contributed by atoms with E-state index in [0.717, 1.165) is 11.3 Å². The number of carbonyl (C=O) groups excluding carboxylic acids is 1. The summed E-state index contributed by atoms with van der Waals surface area (Å²) in [7, 11) is 0. The number of rotatable bonds is 2. The van der Waals surface area contributed by atoms with Gasteiger partial charge in [-0.05, 0) is 30.7 Å². The largest absolute Gasteiger partial charge is 0.417 e. The van der Waals surface area contributed by atoms with Crippen LogP contribution in [0.25, 0.3) is 0 Å². The van der Waals surface area contributed by atoms with E-state index in [1.807, 2.05) is 63.2 Å². The molecule has 0 aliphatic carbocycles. The molecule has 0 bridgehead atoms. The fourth-order valence-corrected chi connectivity index (χ4v) is 1.44. The fourth-order valence-electron chi connectivity index (χ4n) is 1.44. The Balaban J connectivity index is 0.000000861. The maximum atomic E-state index is 11.6. The minimum atomic E-state index is -0.481. The molecule has 2 rings (SSSR count). The normalized spacial score (nSPS) is 9.00. The molecule has 19 heavy (non-hydrogen) atoms. The van der Waals surface area contributed by atoms with Gasteiger partial charge in [-0.3, -0.25) is 5.32 Å². The Hall–Kier alpha value is -2.29. The Morgan fingerprint density at radius 2 is 1.53 bits per heavy atom. The number of benzene rings is 2. The van der Waals surface area contributed by atoms with Gasteiger partial charge in [0, 0.05) is 5.69 Å². The first-order chi connectivity index (χ1) is 9.25. The van der Waals surface area contributed by atoms with Crippen LogP contribution in [0.1, 0.15) is 19.4 Å². The standard InChI is InChI=1S/C14H13NO2.C2H6/c1-11-7-5-6-10-13(11)15-14(16)17-12-8-3-2-4-9-12;1-2/h2-10H,1H3,(H,15,16);1-2H3. The van der Waals surface area contributed by atoms with Crippen LogP contribution in [0, 0.1) is 6.92 Å². The van der Waals surface area contributed by atoms with E-state index in [0.29, 0.717) is 5.75 Å². The molecule has 0 unspecified atom stereocenters. The van der Waals surface area contributed by atoms with Gasteiger partial charge < -0.3 is 4.74 Å². The van der Waals surface area contributed by atoms with Crippen molar-refractivity contribution >= 4 is 11.8 Å². The number of anilines is 1. The van der Waals surface area contributed by atoms with Crippen LogP contribution in [-0.4, -0.2) is 6.09 Å². The van der Waals surface area contributed by atoms with Crippen LogP contribution >= 0.6 is 0 Å². The molecule has 3 nitrogen and oxygen atoms in total. The van der Waals surface area contributed by atoms with E-state index in [-0.39, 0.29) is 0 Å². The Labute approximate surface area is 114 Å². The molecule has 0 aliphatic rings. The second-order valence-corrected chi connectivity index (χ2v) is 3.64. The van der Waals surface area contributed by atoms with E-state index in [9.17, 15) is 4.79 Å². The van der Waals surface area contributed by atoms with Crippen molar-refractivity contribution in [2.24, 2.45) is 0 Å². The van der Waals surface area contributed by atoms with Crippen molar-refractivity contribution in [2.75, 3.05) is 5.32 Å². The summed E-state index contributed by atoms with van der Waals surface area (Å²) in [5.41, 5.74) is 1.76. The molecule has 2 aromatic carbocycles. The van der Waals surface area contributed by atoms with Gasteiger partial charge in [-0.2, -0.15) is 0 Å². The summed E-state index contributed by atoms with van der Waals surface area (Å²) in [6.45, 7) is 5.93. The summed E-state index contributed by atoms with van der Waals surface area (Å²) in [6.07, 6.45) is -0.481. The SMILES string of the molecule is CC.Cc1ccccc1NC(=O)Oc1ccccc1. The summed E-state index contributed by atoms with van der Waals surface area (Å²) in [4.78, 5) is 11.6. The van der Waals surface area contributed by atoms with Gasteiger partial charge in [0.2, 0.25) is 0 Å². The predicted molar refractivity (Wildman–Crippen MR) is 78.6 cm³/mol. The summed E-state index contributed by atoms with van der Waals surface area (Å²) in [5, 5.41) is 2.70. The maximum Gasteiger partial charge on any atom is 0.417 e. The van der Waals surface area contributed by atoms with Crippen LogP contribution in [0.5, 0.6) is 5.75 Å². The van der Waals surface area contributed by atoms with Crippen LogP contribution in [0.15, 0.2) is 54.6 Å². The van der Waals surface area contributed by atoms with Crippen molar-refractivity contribution in [1.82, 2.24) is 0 Å². The van der Waals surface area contributed by atoms with Gasteiger partial charge in [-0.15, -0.1) is 0 Å². The van der Waals surface area contributed by atoms with Gasteiger partial charge in [0.15, 0.2) is 0 Å². The first-order valence-electron chi connectivity index (χ1n) is 6.35. The third kappa shape index (κ3) is 4.84. The quantitative estimate of drug-likeness (QED) is 0.851. The Morgan fingerprint density at radius 1 is 0.947 bits per heavy atom. The predicted octanol–water partition coefficient (Wildman–Crippen LogP) is 4.63. The Morgan fingerprint density at radius 3 is 2.16 bits per heavy atom. The van der Waals surface area contributed by atoms with E-state index in [2.05, 4.69) is 5.32 Å². The lowest BCUT2D eigenvalue weighted by atomic mass is 10.2. The molecule has 3 heteroatoms. The van der Waals surface area contributed by atoms with Gasteiger partial charge >= 0.3 is 6.09 Å². The number of amides is 1. The minimum absolute atomic E-state index is 0.481. The minimum Gasteiger partial charge on any atom is -0.410 e. The first kappa shape index (κ1) is 14.8. The summed E-state index contributed by atoms with van der Waals surface area (Å²) in [6, 6.07) is 16.5. The number of para-hydroxylation sites is 2. The highest BCUT2D eigenvalue weighted by Gasteiger charge is 2.05. The third-order valence-corrected chi connectivity index (χ3v) is 2.34. The molecule has 1 amide bonds. The molecular formula is C16H19NO2. The Kier molecular flexibility index (Phi) is 6.16. The van der Waals surface area contributed by atoms with Crippen molar-refractivity contribution in [3.8, 4) is 5.75 Å². The molecule has 1 N–H and O–H groups in total. The van der Waals surface area contributed by atoms with E-state index in [1.54, 1.807) is 12.1 Å². The average Bonchev–Trinajstić information content (AvgIpc) is 2.45. The van der Waals surface area contributed by atoms with E-state index in [4.69, 9.17) is 4.74 Å². The van der Waals surface area contributed by atoms with E-state index >= 15 is 0 Å². The number of ether oxygens (including phenoxy) is 1. The first-order valence-corrected chi connectivity index (χ1v) is 6.35. The lowest BCUT2D eigenvalue weighted by Gasteiger charge is -2.08. The monoisotopic (exact) mass is 257 g/mol. The van der Waals surface area contributed by atoms with Crippen molar-refractivity contribution in [1.29, 1.82) is 0 Å². The molecule has 2 aromatic rings. The molecule has 100 valence electrons. The molecule has 0 saturated carbocycles. The highest BCUT2D eigenvalue weighted by molar-refractivity contribution is 5.87. The lowest BCUT2D eigenvalue weighted by Crippen LogP contribution is -2.17. The van der Waals surface area contributed by atoms with Gasteiger partial charge in [0.05, 0.1) is 0 Å². The van der Waals surface area contributed by atoms with Gasteiger partial charge in [0.25, 0.3) is 0 Å². The van der Waals surface area contributed by atoms with E-state index in [1.165, 1.54) is 0 Å². The molecular weight excluding hydrogens is 238 g/mol. The van der Waals surface area contributed by atoms with Crippen molar-refractivity contribution in [3.63, 3.8) is 0 Å². The molecule has 0 spiro atoms. The molecule has 0 aliphatic heterocycles. The summed E-state index contributed by atoms with van der Waals surface area (Å²) < 4.78 is 5.12. The molecule has 0 saturated heterocycles. The zero-order valence-corrected chi connectivity index (χ0v) is 11.5. The highest BCUT2D eigenvalue weighted by atomic mass is 16.6. The number of hydrogen-bond donors (Lipinski definition) is 1. The second kappa shape index (κ2) is 7.93.